The van der Waals surface area contributed by atoms with E-state index in [0.29, 0.717) is 31.3 Å². The predicted octanol–water partition coefficient (Wildman–Crippen LogP) is 3.91. The average Bonchev–Trinajstić information content (AvgIpc) is 2.96. The third kappa shape index (κ3) is 5.64. The highest BCUT2D eigenvalue weighted by Crippen LogP contribution is 2.20. The zero-order chi connectivity index (χ0) is 15.1. The normalized spacial score (nSPS) is 15.3. The van der Waals surface area contributed by atoms with Gasteiger partial charge in [0.1, 0.15) is 5.82 Å². The van der Waals surface area contributed by atoms with Gasteiger partial charge in [0.25, 0.3) is 0 Å². The standard InChI is InChI=1S/C16H20ClFO3/c17-14-7-6-12(10-15(14)18)11-16(19)21-9-3-8-20-13-4-1-2-5-13/h6-7,10,13H,1-5,8-9,11H2. The Hall–Kier alpha value is -1.13. The molecule has 1 fully saturated rings. The van der Waals surface area contributed by atoms with Crippen LogP contribution in [0, 0.1) is 5.82 Å². The molecule has 0 aromatic heterocycles. The molecule has 2 rings (SSSR count). The van der Waals surface area contributed by atoms with Gasteiger partial charge in [-0.2, -0.15) is 0 Å². The molecule has 0 saturated heterocycles. The van der Waals surface area contributed by atoms with E-state index >= 15 is 0 Å². The first-order valence-corrected chi connectivity index (χ1v) is 7.74. The van der Waals surface area contributed by atoms with E-state index in [4.69, 9.17) is 21.1 Å². The lowest BCUT2D eigenvalue weighted by Crippen LogP contribution is -2.13. The predicted molar refractivity (Wildman–Crippen MR) is 78.9 cm³/mol. The first kappa shape index (κ1) is 16.2. The van der Waals surface area contributed by atoms with Crippen molar-refractivity contribution in [1.29, 1.82) is 0 Å². The molecule has 1 aliphatic carbocycles. The van der Waals surface area contributed by atoms with Crippen LogP contribution in [0.3, 0.4) is 0 Å². The van der Waals surface area contributed by atoms with Crippen LogP contribution in [0.15, 0.2) is 18.2 Å². The highest BCUT2D eigenvalue weighted by Gasteiger charge is 2.14. The third-order valence-corrected chi connectivity index (χ3v) is 3.85. The van der Waals surface area contributed by atoms with E-state index in [9.17, 15) is 9.18 Å². The molecule has 5 heteroatoms. The average molecular weight is 315 g/mol. The topological polar surface area (TPSA) is 35.5 Å². The molecule has 0 bridgehead atoms. The van der Waals surface area contributed by atoms with E-state index in [2.05, 4.69) is 0 Å². The molecule has 1 saturated carbocycles. The Labute approximate surface area is 129 Å². The zero-order valence-corrected chi connectivity index (χ0v) is 12.7. The lowest BCUT2D eigenvalue weighted by Gasteiger charge is -2.11. The summed E-state index contributed by atoms with van der Waals surface area (Å²) in [7, 11) is 0. The number of benzene rings is 1. The second-order valence-electron chi connectivity index (χ2n) is 5.28. The Kier molecular flexibility index (Phi) is 6.46. The minimum absolute atomic E-state index is 0.0520. The van der Waals surface area contributed by atoms with Crippen molar-refractivity contribution >= 4 is 17.6 Å². The van der Waals surface area contributed by atoms with E-state index < -0.39 is 5.82 Å². The van der Waals surface area contributed by atoms with Crippen LogP contribution in [0.1, 0.15) is 37.7 Å². The van der Waals surface area contributed by atoms with Crippen LogP contribution in [0.25, 0.3) is 0 Å². The van der Waals surface area contributed by atoms with Gasteiger partial charge in [0.15, 0.2) is 0 Å². The van der Waals surface area contributed by atoms with Crippen molar-refractivity contribution in [2.45, 2.75) is 44.6 Å². The molecule has 0 unspecified atom stereocenters. The fraction of sp³-hybridized carbons (Fsp3) is 0.562. The van der Waals surface area contributed by atoms with Crippen LogP contribution < -0.4 is 0 Å². The Bertz CT molecular complexity index is 473. The van der Waals surface area contributed by atoms with Gasteiger partial charge in [-0.15, -0.1) is 0 Å². The molecule has 1 aromatic rings. The minimum Gasteiger partial charge on any atom is -0.465 e. The zero-order valence-electron chi connectivity index (χ0n) is 11.9. The summed E-state index contributed by atoms with van der Waals surface area (Å²) in [4.78, 5) is 11.6. The molecule has 1 aliphatic rings. The molecular weight excluding hydrogens is 295 g/mol. The van der Waals surface area contributed by atoms with E-state index in [0.717, 1.165) is 12.8 Å². The van der Waals surface area contributed by atoms with Crippen molar-refractivity contribution in [3.8, 4) is 0 Å². The number of ether oxygens (including phenoxy) is 2. The van der Waals surface area contributed by atoms with Crippen molar-refractivity contribution in [2.24, 2.45) is 0 Å². The van der Waals surface area contributed by atoms with E-state index in [1.54, 1.807) is 6.07 Å². The highest BCUT2D eigenvalue weighted by atomic mass is 35.5. The second kappa shape index (κ2) is 8.35. The van der Waals surface area contributed by atoms with Crippen molar-refractivity contribution in [1.82, 2.24) is 0 Å². The maximum absolute atomic E-state index is 13.2. The van der Waals surface area contributed by atoms with Gasteiger partial charge in [-0.05, 0) is 30.5 Å². The SMILES string of the molecule is O=C(Cc1ccc(Cl)c(F)c1)OCCCOC1CCCC1. The molecule has 3 nitrogen and oxygen atoms in total. The Morgan fingerprint density at radius 3 is 2.76 bits per heavy atom. The highest BCUT2D eigenvalue weighted by molar-refractivity contribution is 6.30. The number of hydrogen-bond acceptors (Lipinski definition) is 3. The summed E-state index contributed by atoms with van der Waals surface area (Å²) in [6.07, 6.45) is 5.91. The lowest BCUT2D eigenvalue weighted by atomic mass is 10.1. The molecule has 116 valence electrons. The molecule has 0 heterocycles. The number of carbonyl (C=O) groups excluding carboxylic acids is 1. The quantitative estimate of drug-likeness (QED) is 0.565. The molecule has 1 aromatic carbocycles. The van der Waals surface area contributed by atoms with E-state index in [1.807, 2.05) is 0 Å². The number of rotatable bonds is 7. The summed E-state index contributed by atoms with van der Waals surface area (Å²) >= 11 is 5.58. The molecule has 0 spiro atoms. The minimum atomic E-state index is -0.521. The molecule has 0 aliphatic heterocycles. The Morgan fingerprint density at radius 2 is 2.05 bits per heavy atom. The fourth-order valence-corrected chi connectivity index (χ4v) is 2.53. The molecule has 0 N–H and O–H groups in total. The first-order valence-electron chi connectivity index (χ1n) is 7.36. The van der Waals surface area contributed by atoms with Gasteiger partial charge >= 0.3 is 5.97 Å². The first-order chi connectivity index (χ1) is 10.1. The van der Waals surface area contributed by atoms with Crippen molar-refractivity contribution < 1.29 is 18.7 Å². The summed E-state index contributed by atoms with van der Waals surface area (Å²) in [5.74, 6) is -0.885. The largest absolute Gasteiger partial charge is 0.465 e. The summed E-state index contributed by atoms with van der Waals surface area (Å²) < 4.78 is 24.0. The number of carbonyl (C=O) groups is 1. The van der Waals surface area contributed by atoms with Crippen molar-refractivity contribution in [3.05, 3.63) is 34.6 Å². The van der Waals surface area contributed by atoms with Gasteiger partial charge in [0, 0.05) is 6.42 Å². The van der Waals surface area contributed by atoms with Crippen LogP contribution in [0.5, 0.6) is 0 Å². The fourth-order valence-electron chi connectivity index (χ4n) is 2.42. The summed E-state index contributed by atoms with van der Waals surface area (Å²) in [6.45, 7) is 0.954. The van der Waals surface area contributed by atoms with Gasteiger partial charge in [-0.25, -0.2) is 4.39 Å². The summed E-state index contributed by atoms with van der Waals surface area (Å²) in [6, 6.07) is 4.32. The van der Waals surface area contributed by atoms with Crippen LogP contribution in [0.2, 0.25) is 5.02 Å². The molecule has 0 atom stereocenters. The Balaban J connectivity index is 1.59. The second-order valence-corrected chi connectivity index (χ2v) is 5.68. The van der Waals surface area contributed by atoms with Gasteiger partial charge in [0.05, 0.1) is 30.8 Å². The van der Waals surface area contributed by atoms with Gasteiger partial charge in [0.2, 0.25) is 0 Å². The van der Waals surface area contributed by atoms with E-state index in [-0.39, 0.29) is 17.4 Å². The summed E-state index contributed by atoms with van der Waals surface area (Å²) in [5.41, 5.74) is 0.559. The van der Waals surface area contributed by atoms with Crippen molar-refractivity contribution in [2.75, 3.05) is 13.2 Å². The maximum atomic E-state index is 13.2. The maximum Gasteiger partial charge on any atom is 0.310 e. The third-order valence-electron chi connectivity index (χ3n) is 3.54. The van der Waals surface area contributed by atoms with Crippen LogP contribution >= 0.6 is 11.6 Å². The van der Waals surface area contributed by atoms with Crippen LogP contribution in [-0.4, -0.2) is 25.3 Å². The molecule has 0 amide bonds. The molecule has 0 radical (unpaired) electrons. The monoisotopic (exact) mass is 314 g/mol. The van der Waals surface area contributed by atoms with Gasteiger partial charge in [-0.1, -0.05) is 30.5 Å². The smallest absolute Gasteiger partial charge is 0.310 e. The number of esters is 1. The van der Waals surface area contributed by atoms with Crippen LogP contribution in [0.4, 0.5) is 4.39 Å². The van der Waals surface area contributed by atoms with Gasteiger partial charge in [-0.3, -0.25) is 4.79 Å². The Morgan fingerprint density at radius 1 is 1.29 bits per heavy atom. The molecular formula is C16H20ClFO3. The lowest BCUT2D eigenvalue weighted by molar-refractivity contribution is -0.143. The molecule has 21 heavy (non-hydrogen) atoms. The van der Waals surface area contributed by atoms with Crippen molar-refractivity contribution in [3.63, 3.8) is 0 Å². The van der Waals surface area contributed by atoms with Crippen LogP contribution in [-0.2, 0) is 20.7 Å². The van der Waals surface area contributed by atoms with Gasteiger partial charge < -0.3 is 9.47 Å². The number of hydrogen-bond donors (Lipinski definition) is 0. The summed E-state index contributed by atoms with van der Waals surface area (Å²) in [5, 5.41) is 0.0520. The van der Waals surface area contributed by atoms with E-state index in [1.165, 1.54) is 25.0 Å². The number of halogens is 2.